The van der Waals surface area contributed by atoms with Crippen LogP contribution in [0.4, 0.5) is 0 Å². The molecule has 4 nitrogen and oxygen atoms in total. The number of rotatable bonds is 9. The van der Waals surface area contributed by atoms with E-state index < -0.39 is 10.8 Å². The molecule has 0 aliphatic carbocycles. The topological polar surface area (TPSA) is 53.5 Å². The van der Waals surface area contributed by atoms with E-state index in [1.807, 2.05) is 43.3 Å². The SMILES string of the molecule is CCNC(=NCCS(=O)Cc1ccccc1)NCCc1ccccc1. The Hall–Kier alpha value is -2.14. The lowest BCUT2D eigenvalue weighted by molar-refractivity contribution is 0.682. The zero-order valence-corrected chi connectivity index (χ0v) is 15.6. The number of nitrogens with one attached hydrogen (secondary N) is 2. The average molecular weight is 358 g/mol. The Bertz CT molecular complexity index is 659. The standard InChI is InChI=1S/C20H27N3OS/c1-2-21-20(22-14-13-18-9-5-3-6-10-18)23-15-16-25(24)17-19-11-7-4-8-12-19/h3-12H,2,13-17H2,1H3,(H2,21,22,23). The lowest BCUT2D eigenvalue weighted by Crippen LogP contribution is -2.38. The van der Waals surface area contributed by atoms with E-state index in [4.69, 9.17) is 0 Å². The van der Waals surface area contributed by atoms with E-state index in [9.17, 15) is 4.21 Å². The van der Waals surface area contributed by atoms with Crippen molar-refractivity contribution in [2.75, 3.05) is 25.4 Å². The largest absolute Gasteiger partial charge is 0.357 e. The van der Waals surface area contributed by atoms with Gasteiger partial charge in [0.2, 0.25) is 0 Å². The Morgan fingerprint density at radius 3 is 2.24 bits per heavy atom. The molecule has 0 radical (unpaired) electrons. The zero-order valence-electron chi connectivity index (χ0n) is 14.8. The summed E-state index contributed by atoms with van der Waals surface area (Å²) in [7, 11) is -0.889. The van der Waals surface area contributed by atoms with Crippen molar-refractivity contribution >= 4 is 16.8 Å². The maximum Gasteiger partial charge on any atom is 0.191 e. The summed E-state index contributed by atoms with van der Waals surface area (Å²) in [5.74, 6) is 1.95. The summed E-state index contributed by atoms with van der Waals surface area (Å²) in [6, 6.07) is 20.3. The minimum absolute atomic E-state index is 0.556. The normalized spacial score (nSPS) is 12.6. The Morgan fingerprint density at radius 2 is 1.60 bits per heavy atom. The second kappa shape index (κ2) is 11.4. The van der Waals surface area contributed by atoms with Gasteiger partial charge in [-0.1, -0.05) is 60.7 Å². The van der Waals surface area contributed by atoms with Crippen LogP contribution in [0.25, 0.3) is 0 Å². The molecule has 0 saturated heterocycles. The molecule has 0 heterocycles. The monoisotopic (exact) mass is 357 g/mol. The van der Waals surface area contributed by atoms with Crippen molar-refractivity contribution in [1.29, 1.82) is 0 Å². The summed E-state index contributed by atoms with van der Waals surface area (Å²) >= 11 is 0. The van der Waals surface area contributed by atoms with Gasteiger partial charge in [0.25, 0.3) is 0 Å². The number of aliphatic imine (C=N–C) groups is 1. The van der Waals surface area contributed by atoms with Gasteiger partial charge in [0.15, 0.2) is 5.96 Å². The van der Waals surface area contributed by atoms with Gasteiger partial charge in [0, 0.05) is 35.4 Å². The zero-order chi connectivity index (χ0) is 17.7. The number of hydrogen-bond donors (Lipinski definition) is 2. The predicted octanol–water partition coefficient (Wildman–Crippen LogP) is 2.73. The van der Waals surface area contributed by atoms with Crippen LogP contribution in [-0.2, 0) is 23.0 Å². The summed E-state index contributed by atoms with van der Waals surface area (Å²) < 4.78 is 12.2. The van der Waals surface area contributed by atoms with E-state index in [1.54, 1.807) is 0 Å². The first-order chi connectivity index (χ1) is 12.3. The molecular formula is C20H27N3OS. The highest BCUT2D eigenvalue weighted by Gasteiger charge is 2.02. The molecule has 0 saturated carbocycles. The van der Waals surface area contributed by atoms with Crippen molar-refractivity contribution in [2.45, 2.75) is 19.1 Å². The molecule has 2 aromatic carbocycles. The highest BCUT2D eigenvalue weighted by atomic mass is 32.2. The van der Waals surface area contributed by atoms with Gasteiger partial charge < -0.3 is 10.6 Å². The summed E-state index contributed by atoms with van der Waals surface area (Å²) in [6.07, 6.45) is 0.950. The van der Waals surface area contributed by atoms with Crippen molar-refractivity contribution in [3.8, 4) is 0 Å². The van der Waals surface area contributed by atoms with Crippen LogP contribution in [0, 0.1) is 0 Å². The molecule has 0 spiro atoms. The van der Waals surface area contributed by atoms with Crippen molar-refractivity contribution < 1.29 is 4.21 Å². The molecule has 5 heteroatoms. The molecule has 0 aromatic heterocycles. The summed E-state index contributed by atoms with van der Waals surface area (Å²) in [6.45, 7) is 4.23. The molecule has 0 aliphatic heterocycles. The number of hydrogen-bond acceptors (Lipinski definition) is 2. The van der Waals surface area contributed by atoms with Gasteiger partial charge in [-0.3, -0.25) is 9.20 Å². The van der Waals surface area contributed by atoms with Crippen molar-refractivity contribution in [2.24, 2.45) is 4.99 Å². The van der Waals surface area contributed by atoms with Crippen molar-refractivity contribution in [3.63, 3.8) is 0 Å². The molecule has 2 N–H and O–H groups in total. The lowest BCUT2D eigenvalue weighted by Gasteiger charge is -2.11. The van der Waals surface area contributed by atoms with Gasteiger partial charge in [-0.05, 0) is 24.5 Å². The second-order valence-electron chi connectivity index (χ2n) is 5.70. The quantitative estimate of drug-likeness (QED) is 0.536. The Balaban J connectivity index is 1.73. The summed E-state index contributed by atoms with van der Waals surface area (Å²) in [5.41, 5.74) is 2.41. The van der Waals surface area contributed by atoms with Gasteiger partial charge in [-0.2, -0.15) is 0 Å². The molecule has 1 unspecified atom stereocenters. The maximum atomic E-state index is 12.2. The van der Waals surface area contributed by atoms with E-state index >= 15 is 0 Å². The first-order valence-corrected chi connectivity index (χ1v) is 10.2. The van der Waals surface area contributed by atoms with Gasteiger partial charge in [-0.25, -0.2) is 0 Å². The van der Waals surface area contributed by atoms with E-state index in [0.717, 1.165) is 31.0 Å². The molecule has 1 atom stereocenters. The molecule has 25 heavy (non-hydrogen) atoms. The van der Waals surface area contributed by atoms with E-state index in [2.05, 4.69) is 39.9 Å². The van der Waals surface area contributed by atoms with E-state index in [1.165, 1.54) is 5.56 Å². The van der Waals surface area contributed by atoms with Gasteiger partial charge in [-0.15, -0.1) is 0 Å². The highest BCUT2D eigenvalue weighted by Crippen LogP contribution is 2.03. The third-order valence-electron chi connectivity index (χ3n) is 3.65. The number of benzene rings is 2. The second-order valence-corrected chi connectivity index (χ2v) is 7.27. The lowest BCUT2D eigenvalue weighted by atomic mass is 10.1. The van der Waals surface area contributed by atoms with Gasteiger partial charge in [0.1, 0.15) is 0 Å². The van der Waals surface area contributed by atoms with Crippen LogP contribution in [0.3, 0.4) is 0 Å². The molecule has 134 valence electrons. The molecular weight excluding hydrogens is 330 g/mol. The fourth-order valence-corrected chi connectivity index (χ4v) is 3.41. The summed E-state index contributed by atoms with van der Waals surface area (Å²) in [4.78, 5) is 4.53. The third kappa shape index (κ3) is 7.98. The van der Waals surface area contributed by atoms with Gasteiger partial charge in [0.05, 0.1) is 6.54 Å². The molecule has 2 rings (SSSR count). The number of nitrogens with zero attached hydrogens (tertiary/aromatic N) is 1. The number of guanidine groups is 1. The Morgan fingerprint density at radius 1 is 0.960 bits per heavy atom. The van der Waals surface area contributed by atoms with Crippen molar-refractivity contribution in [3.05, 3.63) is 71.8 Å². The third-order valence-corrected chi connectivity index (χ3v) is 4.95. The van der Waals surface area contributed by atoms with Crippen LogP contribution in [0.5, 0.6) is 0 Å². The van der Waals surface area contributed by atoms with E-state index in [0.29, 0.717) is 18.1 Å². The molecule has 0 amide bonds. The molecule has 0 bridgehead atoms. The van der Waals surface area contributed by atoms with Crippen LogP contribution in [-0.4, -0.2) is 35.6 Å². The Labute approximate surface area is 153 Å². The minimum atomic E-state index is -0.889. The maximum absolute atomic E-state index is 12.2. The fraction of sp³-hybridized carbons (Fsp3) is 0.350. The minimum Gasteiger partial charge on any atom is -0.357 e. The smallest absolute Gasteiger partial charge is 0.191 e. The van der Waals surface area contributed by atoms with Crippen LogP contribution in [0.2, 0.25) is 0 Å². The fourth-order valence-electron chi connectivity index (χ4n) is 2.40. The summed E-state index contributed by atoms with van der Waals surface area (Å²) in [5, 5.41) is 6.56. The highest BCUT2D eigenvalue weighted by molar-refractivity contribution is 7.84. The van der Waals surface area contributed by atoms with Crippen molar-refractivity contribution in [1.82, 2.24) is 10.6 Å². The molecule has 0 fully saturated rings. The first-order valence-electron chi connectivity index (χ1n) is 8.73. The van der Waals surface area contributed by atoms with E-state index in [-0.39, 0.29) is 0 Å². The van der Waals surface area contributed by atoms with Crippen LogP contribution in [0.15, 0.2) is 65.7 Å². The van der Waals surface area contributed by atoms with Crippen LogP contribution < -0.4 is 10.6 Å². The predicted molar refractivity (Wildman–Crippen MR) is 107 cm³/mol. The van der Waals surface area contributed by atoms with Gasteiger partial charge >= 0.3 is 0 Å². The molecule has 0 aliphatic rings. The Kier molecular flexibility index (Phi) is 8.77. The van der Waals surface area contributed by atoms with Crippen LogP contribution in [0.1, 0.15) is 18.1 Å². The average Bonchev–Trinajstić information content (AvgIpc) is 2.63. The molecule has 2 aromatic rings. The first kappa shape index (κ1) is 19.2. The van der Waals surface area contributed by atoms with Crippen LogP contribution >= 0.6 is 0 Å².